The number of rotatable bonds is 0. The van der Waals surface area contributed by atoms with Crippen molar-refractivity contribution in [1.82, 2.24) is 0 Å². The molecule has 0 bridgehead atoms. The van der Waals surface area contributed by atoms with E-state index in [1.807, 2.05) is 0 Å². The summed E-state index contributed by atoms with van der Waals surface area (Å²) in [5.74, 6) is 0. The van der Waals surface area contributed by atoms with Gasteiger partial charge in [-0.05, 0) is 25.0 Å². The number of hydrogen-bond donors (Lipinski definition) is 0. The van der Waals surface area contributed by atoms with Crippen LogP contribution in [0.1, 0.15) is 11.1 Å². The minimum atomic E-state index is -0.901. The first-order valence-corrected chi connectivity index (χ1v) is 8.19. The van der Waals surface area contributed by atoms with E-state index >= 15 is 0 Å². The lowest BCUT2D eigenvalue weighted by Crippen LogP contribution is -2.34. The second kappa shape index (κ2) is 3.32. The summed E-state index contributed by atoms with van der Waals surface area (Å²) in [5, 5.41) is 3.25. The zero-order valence-corrected chi connectivity index (χ0v) is 11.2. The van der Waals surface area contributed by atoms with Gasteiger partial charge in [0.25, 0.3) is 0 Å². The van der Waals surface area contributed by atoms with Gasteiger partial charge in [-0.1, -0.05) is 64.4 Å². The van der Waals surface area contributed by atoms with Crippen LogP contribution in [0.4, 0.5) is 0 Å². The fourth-order valence-corrected chi connectivity index (χ4v) is 5.54. The summed E-state index contributed by atoms with van der Waals surface area (Å²) in [6, 6.07) is 13.8. The van der Waals surface area contributed by atoms with E-state index in [2.05, 4.69) is 56.8 Å². The van der Waals surface area contributed by atoms with Crippen LogP contribution in [0.2, 0.25) is 6.55 Å². The van der Waals surface area contributed by atoms with E-state index in [9.17, 15) is 0 Å². The average Bonchev–Trinajstić information content (AvgIpc) is 2.53. The van der Waals surface area contributed by atoms with Crippen molar-refractivity contribution >= 4 is 19.2 Å². The van der Waals surface area contributed by atoms with Gasteiger partial charge in [0.05, 0.1) is 0 Å². The van der Waals surface area contributed by atoms with Gasteiger partial charge in [-0.25, -0.2) is 0 Å². The molecular formula is C15H16Si. The summed E-state index contributed by atoms with van der Waals surface area (Å²) in [4.78, 5) is 0. The number of hydrogen-bond acceptors (Lipinski definition) is 0. The van der Waals surface area contributed by atoms with Crippen molar-refractivity contribution in [2.45, 2.75) is 20.4 Å². The minimum Gasteiger partial charge on any atom is -0.0641 e. The molecule has 1 aliphatic rings. The molecule has 0 saturated carbocycles. The van der Waals surface area contributed by atoms with Gasteiger partial charge in [0.2, 0.25) is 0 Å². The molecule has 2 aromatic carbocycles. The Labute approximate surface area is 98.6 Å². The molecule has 16 heavy (non-hydrogen) atoms. The average molecular weight is 224 g/mol. The first kappa shape index (κ1) is 9.85. The van der Waals surface area contributed by atoms with E-state index in [0.29, 0.717) is 0 Å². The first-order valence-electron chi connectivity index (χ1n) is 5.88. The maximum atomic E-state index is 2.45. The van der Waals surface area contributed by atoms with Crippen molar-refractivity contribution in [3.05, 3.63) is 47.5 Å². The summed E-state index contributed by atoms with van der Waals surface area (Å²) in [6.45, 7) is 6.83. The molecule has 0 nitrogen and oxygen atoms in total. The number of aryl methyl sites for hydroxylation is 2. The molecule has 1 aliphatic heterocycles. The van der Waals surface area contributed by atoms with Crippen LogP contribution in [0.3, 0.4) is 0 Å². The van der Waals surface area contributed by atoms with Crippen LogP contribution in [-0.2, 0) is 0 Å². The molecule has 2 aromatic rings. The van der Waals surface area contributed by atoms with Crippen LogP contribution in [-0.4, -0.2) is 8.80 Å². The molecule has 0 saturated heterocycles. The maximum absolute atomic E-state index is 2.45. The van der Waals surface area contributed by atoms with Gasteiger partial charge in [0.1, 0.15) is 8.80 Å². The smallest absolute Gasteiger partial charge is 0.0641 e. The molecular weight excluding hydrogens is 208 g/mol. The molecule has 0 spiro atoms. The molecule has 0 aliphatic carbocycles. The van der Waals surface area contributed by atoms with Gasteiger partial charge >= 0.3 is 0 Å². The fraction of sp³-hybridized carbons (Fsp3) is 0.200. The molecule has 1 heterocycles. The summed E-state index contributed by atoms with van der Waals surface area (Å²) in [5.41, 5.74) is 5.75. The van der Waals surface area contributed by atoms with Crippen LogP contribution >= 0.6 is 0 Å². The molecule has 3 rings (SSSR count). The lowest BCUT2D eigenvalue weighted by molar-refractivity contribution is 1.48. The summed E-state index contributed by atoms with van der Waals surface area (Å²) in [6.07, 6.45) is 0. The van der Waals surface area contributed by atoms with Gasteiger partial charge in [-0.15, -0.1) is 0 Å². The predicted molar refractivity (Wildman–Crippen MR) is 73.6 cm³/mol. The van der Waals surface area contributed by atoms with Crippen molar-refractivity contribution in [2.24, 2.45) is 0 Å². The molecule has 0 aromatic heterocycles. The van der Waals surface area contributed by atoms with Crippen molar-refractivity contribution < 1.29 is 0 Å². The normalized spacial score (nSPS) is 13.7. The Bertz CT molecular complexity index is 518. The Hall–Kier alpha value is -1.34. The van der Waals surface area contributed by atoms with Gasteiger partial charge in [0.15, 0.2) is 0 Å². The highest BCUT2D eigenvalue weighted by atomic mass is 28.3. The van der Waals surface area contributed by atoms with Gasteiger partial charge in [-0.3, -0.25) is 0 Å². The second-order valence-electron chi connectivity index (χ2n) is 4.90. The summed E-state index contributed by atoms with van der Waals surface area (Å²) >= 11 is 0. The highest BCUT2D eigenvalue weighted by Crippen LogP contribution is 2.23. The Morgan fingerprint density at radius 2 is 1.19 bits per heavy atom. The molecule has 0 radical (unpaired) electrons. The van der Waals surface area contributed by atoms with Crippen LogP contribution in [0.5, 0.6) is 0 Å². The Kier molecular flexibility index (Phi) is 2.05. The minimum absolute atomic E-state index is 0.901. The van der Waals surface area contributed by atoms with E-state index in [4.69, 9.17) is 0 Å². The zero-order valence-electron chi connectivity index (χ0n) is 10.0. The standard InChI is InChI=1S/C15H16Si/c1-10-4-6-12-13-7-5-11(2)9-15(13)16(3)14(12)8-10/h4-9,16H,1-3H3. The topological polar surface area (TPSA) is 0 Å². The Morgan fingerprint density at radius 3 is 1.62 bits per heavy atom. The second-order valence-corrected chi connectivity index (χ2v) is 7.59. The van der Waals surface area contributed by atoms with Crippen LogP contribution < -0.4 is 10.4 Å². The molecule has 80 valence electrons. The Balaban J connectivity index is 2.30. The molecule has 0 N–H and O–H groups in total. The lowest BCUT2D eigenvalue weighted by atomic mass is 10.0. The Morgan fingerprint density at radius 1 is 0.750 bits per heavy atom. The third-order valence-corrected chi connectivity index (χ3v) is 6.46. The van der Waals surface area contributed by atoms with Crippen LogP contribution in [0, 0.1) is 13.8 Å². The van der Waals surface area contributed by atoms with E-state index in [0.717, 1.165) is 0 Å². The number of fused-ring (bicyclic) bond motifs is 3. The fourth-order valence-electron chi connectivity index (χ4n) is 2.74. The molecule has 0 unspecified atom stereocenters. The highest BCUT2D eigenvalue weighted by molar-refractivity contribution is 6.88. The van der Waals surface area contributed by atoms with E-state index < -0.39 is 8.80 Å². The van der Waals surface area contributed by atoms with Gasteiger partial charge in [-0.2, -0.15) is 0 Å². The van der Waals surface area contributed by atoms with Crippen molar-refractivity contribution in [2.75, 3.05) is 0 Å². The summed E-state index contributed by atoms with van der Waals surface area (Å²) < 4.78 is 0. The van der Waals surface area contributed by atoms with Crippen LogP contribution in [0.15, 0.2) is 36.4 Å². The highest BCUT2D eigenvalue weighted by Gasteiger charge is 2.25. The monoisotopic (exact) mass is 224 g/mol. The lowest BCUT2D eigenvalue weighted by Gasteiger charge is -2.05. The molecule has 0 amide bonds. The van der Waals surface area contributed by atoms with Gasteiger partial charge < -0.3 is 0 Å². The largest absolute Gasteiger partial charge is 0.101 e. The van der Waals surface area contributed by atoms with E-state index in [1.165, 1.54) is 22.3 Å². The molecule has 0 atom stereocenters. The quantitative estimate of drug-likeness (QED) is 0.602. The van der Waals surface area contributed by atoms with E-state index in [-0.39, 0.29) is 0 Å². The predicted octanol–water partition coefficient (Wildman–Crippen LogP) is 2.25. The SMILES string of the molecule is Cc1ccc2c(c1)[SiH](C)c1cc(C)ccc1-2. The van der Waals surface area contributed by atoms with Crippen molar-refractivity contribution in [3.8, 4) is 11.1 Å². The molecule has 0 fully saturated rings. The van der Waals surface area contributed by atoms with Crippen LogP contribution in [0.25, 0.3) is 11.1 Å². The molecule has 1 heteroatoms. The third-order valence-electron chi connectivity index (χ3n) is 3.64. The first-order chi connectivity index (χ1) is 7.66. The zero-order chi connectivity index (χ0) is 11.3. The van der Waals surface area contributed by atoms with Gasteiger partial charge in [0, 0.05) is 0 Å². The maximum Gasteiger partial charge on any atom is 0.101 e. The van der Waals surface area contributed by atoms with Crippen molar-refractivity contribution in [3.63, 3.8) is 0 Å². The third kappa shape index (κ3) is 1.28. The number of benzene rings is 2. The van der Waals surface area contributed by atoms with Crippen molar-refractivity contribution in [1.29, 1.82) is 0 Å². The van der Waals surface area contributed by atoms with E-state index in [1.54, 1.807) is 10.4 Å². The summed E-state index contributed by atoms with van der Waals surface area (Å²) in [7, 11) is -0.901.